The highest BCUT2D eigenvalue weighted by atomic mass is 16.5. The molecule has 0 aliphatic heterocycles. The van der Waals surface area contributed by atoms with Gasteiger partial charge in [0.25, 0.3) is 0 Å². The van der Waals surface area contributed by atoms with E-state index in [2.05, 4.69) is 10.6 Å². The first kappa shape index (κ1) is 19.2. The number of rotatable bonds is 8. The van der Waals surface area contributed by atoms with Crippen LogP contribution in [0, 0.1) is 5.92 Å². The fourth-order valence-corrected chi connectivity index (χ4v) is 1.66. The van der Waals surface area contributed by atoms with Crippen LogP contribution in [0.4, 0.5) is 4.79 Å². The monoisotopic (exact) mass is 302 g/mol. The Morgan fingerprint density at radius 2 is 1.52 bits per heavy atom. The van der Waals surface area contributed by atoms with E-state index < -0.39 is 30.1 Å². The van der Waals surface area contributed by atoms with E-state index in [-0.39, 0.29) is 19.1 Å². The number of esters is 1. The largest absolute Gasteiger partial charge is 0.464 e. The quantitative estimate of drug-likeness (QED) is 0.657. The number of carbonyl (C=O) groups excluding carboxylic acids is 3. The lowest BCUT2D eigenvalue weighted by Crippen LogP contribution is -2.51. The number of hydrogen-bond acceptors (Lipinski definition) is 5. The molecule has 0 aromatic heterocycles. The molecule has 21 heavy (non-hydrogen) atoms. The molecule has 0 aliphatic carbocycles. The minimum Gasteiger partial charge on any atom is -0.464 e. The third kappa shape index (κ3) is 8.16. The van der Waals surface area contributed by atoms with Crippen LogP contribution >= 0.6 is 0 Å². The van der Waals surface area contributed by atoms with Crippen molar-refractivity contribution in [2.24, 2.45) is 5.92 Å². The van der Waals surface area contributed by atoms with Crippen LogP contribution in [0.15, 0.2) is 0 Å². The van der Waals surface area contributed by atoms with Crippen molar-refractivity contribution in [3.8, 4) is 0 Å². The van der Waals surface area contributed by atoms with Crippen LogP contribution in [0.5, 0.6) is 0 Å². The molecule has 2 unspecified atom stereocenters. The standard InChI is InChI=1S/C14H26N2O5/c1-6-20-13(18)10(5)15-12(17)11(8-9(3)4)16-14(19)21-7-2/h9-11H,6-8H2,1-5H3,(H,15,17)(H,16,19). The van der Waals surface area contributed by atoms with Crippen LogP contribution in [-0.4, -0.2) is 43.3 Å². The number of hydrogen-bond donors (Lipinski definition) is 2. The average molecular weight is 302 g/mol. The summed E-state index contributed by atoms with van der Waals surface area (Å²) < 4.78 is 9.59. The molecule has 0 spiro atoms. The summed E-state index contributed by atoms with van der Waals surface area (Å²) in [6, 6.07) is -1.52. The van der Waals surface area contributed by atoms with Gasteiger partial charge in [0.2, 0.25) is 5.91 Å². The topological polar surface area (TPSA) is 93.7 Å². The summed E-state index contributed by atoms with van der Waals surface area (Å²) in [6.07, 6.45) is -0.206. The van der Waals surface area contributed by atoms with E-state index in [9.17, 15) is 14.4 Å². The number of amides is 2. The Kier molecular flexibility index (Phi) is 9.16. The maximum Gasteiger partial charge on any atom is 0.407 e. The Labute approximate surface area is 125 Å². The lowest BCUT2D eigenvalue weighted by atomic mass is 10.0. The summed E-state index contributed by atoms with van der Waals surface area (Å²) in [7, 11) is 0. The highest BCUT2D eigenvalue weighted by Crippen LogP contribution is 2.06. The highest BCUT2D eigenvalue weighted by molar-refractivity contribution is 5.89. The number of ether oxygens (including phenoxy) is 2. The molecule has 7 nitrogen and oxygen atoms in total. The Balaban J connectivity index is 4.63. The van der Waals surface area contributed by atoms with Gasteiger partial charge in [0.15, 0.2) is 0 Å². The molecule has 0 radical (unpaired) electrons. The summed E-state index contributed by atoms with van der Waals surface area (Å²) in [6.45, 7) is 9.24. The number of alkyl carbamates (subject to hydrolysis) is 1. The molecule has 0 aromatic rings. The first-order valence-corrected chi connectivity index (χ1v) is 7.22. The lowest BCUT2D eigenvalue weighted by molar-refractivity contribution is -0.147. The molecule has 2 N–H and O–H groups in total. The molecule has 0 saturated carbocycles. The van der Waals surface area contributed by atoms with Gasteiger partial charge in [-0.15, -0.1) is 0 Å². The van der Waals surface area contributed by atoms with E-state index in [1.54, 1.807) is 13.8 Å². The van der Waals surface area contributed by atoms with E-state index in [4.69, 9.17) is 9.47 Å². The zero-order chi connectivity index (χ0) is 16.4. The number of nitrogens with one attached hydrogen (secondary N) is 2. The SMILES string of the molecule is CCOC(=O)NC(CC(C)C)C(=O)NC(C)C(=O)OCC. The van der Waals surface area contributed by atoms with E-state index in [1.165, 1.54) is 6.92 Å². The summed E-state index contributed by atoms with van der Waals surface area (Å²) in [5, 5.41) is 5.03. The Morgan fingerprint density at radius 1 is 0.952 bits per heavy atom. The predicted molar refractivity (Wildman–Crippen MR) is 77.6 cm³/mol. The van der Waals surface area contributed by atoms with Gasteiger partial charge in [-0.05, 0) is 33.1 Å². The second-order valence-electron chi connectivity index (χ2n) is 5.03. The van der Waals surface area contributed by atoms with Crippen molar-refractivity contribution < 1.29 is 23.9 Å². The second-order valence-corrected chi connectivity index (χ2v) is 5.03. The molecule has 7 heteroatoms. The fourth-order valence-electron chi connectivity index (χ4n) is 1.66. The number of carbonyl (C=O) groups is 3. The molecule has 0 saturated heterocycles. The molecular weight excluding hydrogens is 276 g/mol. The van der Waals surface area contributed by atoms with Crippen molar-refractivity contribution in [1.29, 1.82) is 0 Å². The van der Waals surface area contributed by atoms with Crippen molar-refractivity contribution in [2.75, 3.05) is 13.2 Å². The maximum atomic E-state index is 12.1. The Morgan fingerprint density at radius 3 is 2.00 bits per heavy atom. The van der Waals surface area contributed by atoms with Gasteiger partial charge in [0, 0.05) is 0 Å². The zero-order valence-corrected chi connectivity index (χ0v) is 13.4. The van der Waals surface area contributed by atoms with Gasteiger partial charge in [0.1, 0.15) is 12.1 Å². The summed E-state index contributed by atoms with van der Waals surface area (Å²) >= 11 is 0. The average Bonchev–Trinajstić information content (AvgIpc) is 2.37. The Hall–Kier alpha value is -1.79. The molecule has 0 rings (SSSR count). The van der Waals surface area contributed by atoms with E-state index >= 15 is 0 Å². The summed E-state index contributed by atoms with van der Waals surface area (Å²) in [4.78, 5) is 35.1. The van der Waals surface area contributed by atoms with Gasteiger partial charge >= 0.3 is 12.1 Å². The maximum absolute atomic E-state index is 12.1. The first-order chi connectivity index (χ1) is 9.81. The van der Waals surface area contributed by atoms with E-state index in [0.717, 1.165) is 0 Å². The molecule has 2 atom stereocenters. The van der Waals surface area contributed by atoms with Gasteiger partial charge in [0.05, 0.1) is 13.2 Å². The van der Waals surface area contributed by atoms with Gasteiger partial charge in [-0.1, -0.05) is 13.8 Å². The van der Waals surface area contributed by atoms with Crippen LogP contribution in [-0.2, 0) is 19.1 Å². The van der Waals surface area contributed by atoms with Crippen molar-refractivity contribution >= 4 is 18.0 Å². The molecule has 0 fully saturated rings. The molecular formula is C14H26N2O5. The van der Waals surface area contributed by atoms with Crippen LogP contribution in [0.1, 0.15) is 41.0 Å². The van der Waals surface area contributed by atoms with Crippen LogP contribution < -0.4 is 10.6 Å². The Bertz CT molecular complexity index is 357. The van der Waals surface area contributed by atoms with E-state index in [1.807, 2.05) is 13.8 Å². The second kappa shape index (κ2) is 10.0. The highest BCUT2D eigenvalue weighted by Gasteiger charge is 2.25. The minimum atomic E-state index is -0.767. The fraction of sp³-hybridized carbons (Fsp3) is 0.786. The van der Waals surface area contributed by atoms with Gasteiger partial charge in [-0.25, -0.2) is 9.59 Å². The van der Waals surface area contributed by atoms with Crippen molar-refractivity contribution in [1.82, 2.24) is 10.6 Å². The molecule has 2 amide bonds. The van der Waals surface area contributed by atoms with Crippen LogP contribution in [0.3, 0.4) is 0 Å². The third-order valence-corrected chi connectivity index (χ3v) is 2.59. The summed E-state index contributed by atoms with van der Waals surface area (Å²) in [5.41, 5.74) is 0. The third-order valence-electron chi connectivity index (χ3n) is 2.59. The molecule has 122 valence electrons. The predicted octanol–water partition coefficient (Wildman–Crippen LogP) is 1.22. The first-order valence-electron chi connectivity index (χ1n) is 7.22. The van der Waals surface area contributed by atoms with Gasteiger partial charge in [-0.3, -0.25) is 4.79 Å². The normalized spacial score (nSPS) is 13.2. The molecule has 0 bridgehead atoms. The van der Waals surface area contributed by atoms with Crippen molar-refractivity contribution in [2.45, 2.75) is 53.1 Å². The summed E-state index contributed by atoms with van der Waals surface area (Å²) in [5.74, 6) is -0.747. The molecule has 0 heterocycles. The van der Waals surface area contributed by atoms with Gasteiger partial charge in [-0.2, -0.15) is 0 Å². The van der Waals surface area contributed by atoms with Gasteiger partial charge < -0.3 is 20.1 Å². The molecule has 0 aromatic carbocycles. The van der Waals surface area contributed by atoms with Crippen molar-refractivity contribution in [3.63, 3.8) is 0 Å². The van der Waals surface area contributed by atoms with Crippen LogP contribution in [0.25, 0.3) is 0 Å². The molecule has 0 aliphatic rings. The van der Waals surface area contributed by atoms with Crippen molar-refractivity contribution in [3.05, 3.63) is 0 Å². The minimum absolute atomic E-state index is 0.195. The zero-order valence-electron chi connectivity index (χ0n) is 13.4. The lowest BCUT2D eigenvalue weighted by Gasteiger charge is -2.21. The smallest absolute Gasteiger partial charge is 0.407 e. The van der Waals surface area contributed by atoms with E-state index in [0.29, 0.717) is 6.42 Å². The van der Waals surface area contributed by atoms with Crippen LogP contribution in [0.2, 0.25) is 0 Å².